The van der Waals surface area contributed by atoms with Crippen LogP contribution in [0.15, 0.2) is 23.8 Å². The van der Waals surface area contributed by atoms with E-state index < -0.39 is 129 Å². The summed E-state index contributed by atoms with van der Waals surface area (Å²) >= 11 is 0. The number of amides is 1. The van der Waals surface area contributed by atoms with Crippen molar-refractivity contribution in [2.75, 3.05) is 40.3 Å². The third kappa shape index (κ3) is 8.57. The number of ether oxygens (including phenoxy) is 3. The zero-order chi connectivity index (χ0) is 50.9. The number of aliphatic hydroxyl groups excluding tert-OH is 4. The van der Waals surface area contributed by atoms with Gasteiger partial charge >= 0.3 is 24.0 Å². The normalized spacial score (nSPS) is 46.1. The number of allylic oxidation sites excluding steroid dienone is 4. The van der Waals surface area contributed by atoms with E-state index in [1.807, 2.05) is 4.90 Å². The van der Waals surface area contributed by atoms with Gasteiger partial charge in [-0.3, -0.25) is 19.3 Å². The average molecular weight is 964 g/mol. The van der Waals surface area contributed by atoms with Crippen LogP contribution in [0.4, 0.5) is 9.18 Å². The maximum Gasteiger partial charge on any atom is 0.417 e. The highest BCUT2D eigenvalue weighted by molar-refractivity contribution is 6.01. The Morgan fingerprint density at radius 2 is 1.65 bits per heavy atom. The summed E-state index contributed by atoms with van der Waals surface area (Å²) < 4.78 is 35.3. The molecule has 1 saturated heterocycles. The molecular weight excluding hydrogens is 886 g/mol. The van der Waals surface area contributed by atoms with Crippen molar-refractivity contribution in [1.82, 2.24) is 15.1 Å². The number of carbonyl (C=O) groups excluding carboxylic acids is 5. The minimum Gasteiger partial charge on any atom is -0.459 e. The Balaban J connectivity index is 1.16. The first kappa shape index (κ1) is 54.0. The first-order chi connectivity index (χ1) is 31.4. The van der Waals surface area contributed by atoms with Crippen LogP contribution < -0.4 is 5.32 Å². The van der Waals surface area contributed by atoms with Crippen LogP contribution in [0, 0.1) is 45.8 Å². The highest BCUT2D eigenvalue weighted by Gasteiger charge is 2.78. The summed E-state index contributed by atoms with van der Waals surface area (Å²) in [6.07, 6.45) is -2.55. The molecule has 384 valence electrons. The molecule has 5 fully saturated rings. The topological polar surface area (TPSA) is 253 Å². The largest absolute Gasteiger partial charge is 0.459 e. The average Bonchev–Trinajstić information content (AvgIpc) is 3.76. The standard InChI is InChI=1S/C50H78FN3O14/c1-12-36-47(9,64)40(60)30(5)54(26-44(6)25-48(44,65)39(59)28(3)38(58)29(4)41(61)66-36)21-13-19-52-20-17-37(57)68-50(42(62)67-43(63)53(10)11)27(2)22-34-33-15-14-31-23-32(55)16-18-45(31,7)49(33,51)35(56)24-46(34,50)8/h16,18,23,27-30,33-36,38-40,52,56,58-60,64-65H,12-15,17,19-22,24-26H2,1-11H3/t27-,28+,29-,30-,33?,34?,35+,36-,38+,39-,40-,44+,45+,46+,47-,48-,49+,50+/m1/s1. The molecule has 0 aromatic heterocycles. The molecule has 0 radical (unpaired) electrons. The van der Waals surface area contributed by atoms with Crippen molar-refractivity contribution in [3.05, 3.63) is 23.8 Å². The van der Waals surface area contributed by atoms with E-state index in [-0.39, 0.29) is 57.4 Å². The summed E-state index contributed by atoms with van der Waals surface area (Å²) in [6.45, 7) is 15.7. The Kier molecular flexibility index (Phi) is 15.1. The molecule has 68 heavy (non-hydrogen) atoms. The molecule has 5 aliphatic carbocycles. The van der Waals surface area contributed by atoms with E-state index in [4.69, 9.17) is 14.2 Å². The highest BCUT2D eigenvalue weighted by Crippen LogP contribution is 2.71. The van der Waals surface area contributed by atoms with Crippen LogP contribution in [0.2, 0.25) is 0 Å². The molecule has 0 spiro atoms. The molecule has 1 amide bonds. The third-order valence-electron chi connectivity index (χ3n) is 18.1. The van der Waals surface area contributed by atoms with Crippen LogP contribution in [0.3, 0.4) is 0 Å². The molecule has 18 heteroatoms. The van der Waals surface area contributed by atoms with Gasteiger partial charge in [-0.15, -0.1) is 0 Å². The smallest absolute Gasteiger partial charge is 0.417 e. The zero-order valence-corrected chi connectivity index (χ0v) is 41.8. The lowest BCUT2D eigenvalue weighted by molar-refractivity contribution is -0.234. The number of hydrogen-bond donors (Lipinski definition) is 7. The van der Waals surface area contributed by atoms with E-state index in [1.54, 1.807) is 48.5 Å². The second kappa shape index (κ2) is 19.0. The second-order valence-electron chi connectivity index (χ2n) is 22.5. The molecule has 17 nitrogen and oxygen atoms in total. The summed E-state index contributed by atoms with van der Waals surface area (Å²) in [4.78, 5) is 69.9. The predicted molar refractivity (Wildman–Crippen MR) is 245 cm³/mol. The molecule has 6 aliphatic rings. The number of nitrogens with zero attached hydrogens (tertiary/aromatic N) is 2. The van der Waals surface area contributed by atoms with Gasteiger partial charge in [0.1, 0.15) is 17.8 Å². The van der Waals surface area contributed by atoms with E-state index in [1.165, 1.54) is 46.2 Å². The number of aliphatic hydroxyl groups is 6. The molecule has 0 aromatic carbocycles. The first-order valence-electron chi connectivity index (χ1n) is 24.6. The Labute approximate surface area is 399 Å². The summed E-state index contributed by atoms with van der Waals surface area (Å²) in [5.41, 5.74) is -10.8. The van der Waals surface area contributed by atoms with Crippen molar-refractivity contribution in [2.24, 2.45) is 45.8 Å². The van der Waals surface area contributed by atoms with Crippen LogP contribution in [0.5, 0.6) is 0 Å². The number of nitrogens with one attached hydrogen (secondary N) is 1. The molecule has 0 aromatic rings. The highest BCUT2D eigenvalue weighted by atomic mass is 19.1. The molecule has 1 aliphatic heterocycles. The molecule has 18 atom stereocenters. The fourth-order valence-corrected chi connectivity index (χ4v) is 13.5. The molecule has 0 bridgehead atoms. The summed E-state index contributed by atoms with van der Waals surface area (Å²) in [5.74, 6) is -7.10. The van der Waals surface area contributed by atoms with E-state index >= 15 is 4.39 Å². The lowest BCUT2D eigenvalue weighted by Gasteiger charge is -2.62. The Morgan fingerprint density at radius 3 is 2.28 bits per heavy atom. The molecule has 4 saturated carbocycles. The van der Waals surface area contributed by atoms with Crippen molar-refractivity contribution < 1.29 is 73.2 Å². The maximum atomic E-state index is 18.0. The number of esters is 3. The summed E-state index contributed by atoms with van der Waals surface area (Å²) in [6, 6.07) is -0.747. The number of fused-ring (bicyclic) bond motifs is 6. The van der Waals surface area contributed by atoms with Crippen LogP contribution in [0.1, 0.15) is 114 Å². The third-order valence-corrected chi connectivity index (χ3v) is 18.1. The number of rotatable bonds is 10. The van der Waals surface area contributed by atoms with E-state index in [9.17, 15) is 54.6 Å². The van der Waals surface area contributed by atoms with Gasteiger partial charge in [-0.25, -0.2) is 14.0 Å². The molecule has 6 rings (SSSR count). The molecule has 2 unspecified atom stereocenters. The fourth-order valence-electron chi connectivity index (χ4n) is 13.5. The molecule has 7 N–H and O–H groups in total. The number of alkyl halides is 1. The van der Waals surface area contributed by atoms with Crippen LogP contribution in [-0.4, -0.2) is 170 Å². The van der Waals surface area contributed by atoms with Crippen molar-refractivity contribution in [3.63, 3.8) is 0 Å². The lowest BCUT2D eigenvalue weighted by Crippen LogP contribution is -2.70. The number of hydrogen-bond acceptors (Lipinski definition) is 16. The van der Waals surface area contributed by atoms with Gasteiger partial charge in [-0.1, -0.05) is 46.3 Å². The van der Waals surface area contributed by atoms with Crippen LogP contribution >= 0.6 is 0 Å². The Bertz CT molecular complexity index is 2030. The fraction of sp³-hybridized carbons (Fsp3) is 0.820. The number of cyclic esters (lactones) is 1. The van der Waals surface area contributed by atoms with Crippen molar-refractivity contribution >= 4 is 29.8 Å². The van der Waals surface area contributed by atoms with Crippen LogP contribution in [0.25, 0.3) is 0 Å². The number of carbonyl (C=O) groups is 5. The first-order valence-corrected chi connectivity index (χ1v) is 24.6. The number of halogens is 1. The summed E-state index contributed by atoms with van der Waals surface area (Å²) in [5, 5.41) is 73.0. The SMILES string of the molecule is CC[C@H]1OC(=O)[C@H](C)[C@@H](O)[C@H](C)[C@@H](O)[C@]2(O)C[C@@]2(C)CN(CCCNCCC(=O)O[C@]2(C(=O)OC(=O)N(C)C)[C@H](C)CC3C4CCC5=CC(=O)C=C[C@]5(C)[C@@]4(F)[C@@H](O)C[C@@]32C)[C@H](C)[C@@H](O)[C@]1(C)O. The number of ketones is 1. The van der Waals surface area contributed by atoms with E-state index in [0.29, 0.717) is 31.5 Å². The van der Waals surface area contributed by atoms with Crippen molar-refractivity contribution in [3.8, 4) is 0 Å². The lowest BCUT2D eigenvalue weighted by atomic mass is 9.44. The zero-order valence-electron chi connectivity index (χ0n) is 41.8. The van der Waals surface area contributed by atoms with E-state index in [2.05, 4.69) is 5.32 Å². The van der Waals surface area contributed by atoms with E-state index in [0.717, 1.165) is 4.90 Å². The van der Waals surface area contributed by atoms with Crippen molar-refractivity contribution in [1.29, 1.82) is 0 Å². The van der Waals surface area contributed by atoms with Gasteiger partial charge in [0.15, 0.2) is 11.5 Å². The van der Waals surface area contributed by atoms with Gasteiger partial charge in [0, 0.05) is 67.2 Å². The maximum absolute atomic E-state index is 18.0. The van der Waals surface area contributed by atoms with Gasteiger partial charge in [-0.2, -0.15) is 0 Å². The van der Waals surface area contributed by atoms with Gasteiger partial charge < -0.3 is 55.1 Å². The minimum atomic E-state index is -2.21. The summed E-state index contributed by atoms with van der Waals surface area (Å²) in [7, 11) is 2.80. The quantitative estimate of drug-likeness (QED) is 0.0720. The minimum absolute atomic E-state index is 0.0885. The monoisotopic (exact) mass is 964 g/mol. The van der Waals surface area contributed by atoms with Gasteiger partial charge in [0.25, 0.3) is 0 Å². The second-order valence-corrected chi connectivity index (χ2v) is 22.5. The Hall–Kier alpha value is -3.36. The molecular formula is C50H78FN3O14. The molecule has 1 heterocycles. The van der Waals surface area contributed by atoms with Crippen molar-refractivity contribution in [2.45, 2.75) is 173 Å². The van der Waals surface area contributed by atoms with Gasteiger partial charge in [-0.05, 0) is 104 Å². The predicted octanol–water partition coefficient (Wildman–Crippen LogP) is 2.75. The Morgan fingerprint density at radius 1 is 0.985 bits per heavy atom. The van der Waals surface area contributed by atoms with Gasteiger partial charge in [0.2, 0.25) is 5.60 Å². The van der Waals surface area contributed by atoms with Crippen LogP contribution in [-0.2, 0) is 33.4 Å². The van der Waals surface area contributed by atoms with Gasteiger partial charge in [0.05, 0.1) is 36.3 Å².